The SMILES string of the molecule is CC(=O)OC[C@H]1C[C@@H](O[C@H]2[C@H](OC(C)=O)[C@@H](OC(C)=O)[C@@H](OC(C)=O)O[C@@H]2COC(C)=O)[C@H](OC(C)=O)[C@@H](OC(C)=O)[C@@H]1OC(C)=O. The van der Waals surface area contributed by atoms with E-state index < -0.39 is 115 Å². The maximum absolute atomic E-state index is 12.3. The van der Waals surface area contributed by atoms with Crippen molar-refractivity contribution in [3.63, 3.8) is 0 Å². The smallest absolute Gasteiger partial charge is 0.305 e. The molecule has 47 heavy (non-hydrogen) atoms. The van der Waals surface area contributed by atoms with Gasteiger partial charge in [-0.05, 0) is 6.42 Å². The average Bonchev–Trinajstić information content (AvgIpc) is 2.91. The molecule has 0 unspecified atom stereocenters. The Morgan fingerprint density at radius 3 is 1.34 bits per heavy atom. The second-order valence-corrected chi connectivity index (χ2v) is 10.8. The first-order valence-corrected chi connectivity index (χ1v) is 14.5. The van der Waals surface area contributed by atoms with Crippen molar-refractivity contribution in [3.05, 3.63) is 0 Å². The van der Waals surface area contributed by atoms with E-state index in [1.807, 2.05) is 0 Å². The Labute approximate surface area is 269 Å². The molecule has 0 bridgehead atoms. The van der Waals surface area contributed by atoms with Crippen LogP contribution in [0, 0.1) is 5.92 Å². The van der Waals surface area contributed by atoms with Gasteiger partial charge in [0.1, 0.15) is 24.9 Å². The first-order valence-electron chi connectivity index (χ1n) is 14.5. The maximum Gasteiger partial charge on any atom is 0.305 e. The molecule has 2 aliphatic rings. The highest BCUT2D eigenvalue weighted by atomic mass is 16.7. The van der Waals surface area contributed by atoms with Gasteiger partial charge in [-0.15, -0.1) is 0 Å². The van der Waals surface area contributed by atoms with Crippen LogP contribution < -0.4 is 0 Å². The zero-order valence-corrected chi connectivity index (χ0v) is 27.2. The summed E-state index contributed by atoms with van der Waals surface area (Å²) < 4.78 is 55.1. The minimum absolute atomic E-state index is 0.198. The molecule has 0 aromatic heterocycles. The van der Waals surface area contributed by atoms with E-state index >= 15 is 0 Å². The molecule has 1 saturated heterocycles. The van der Waals surface area contributed by atoms with Crippen LogP contribution in [0.15, 0.2) is 0 Å². The van der Waals surface area contributed by atoms with Crippen LogP contribution in [0.2, 0.25) is 0 Å². The lowest BCUT2D eigenvalue weighted by Gasteiger charge is -2.48. The zero-order chi connectivity index (χ0) is 35.6. The van der Waals surface area contributed by atoms with Crippen LogP contribution >= 0.6 is 0 Å². The third-order valence-electron chi connectivity index (χ3n) is 6.68. The molecule has 0 radical (unpaired) electrons. The van der Waals surface area contributed by atoms with E-state index in [-0.39, 0.29) is 13.0 Å². The summed E-state index contributed by atoms with van der Waals surface area (Å²) in [7, 11) is 0. The third kappa shape index (κ3) is 12.1. The van der Waals surface area contributed by atoms with E-state index in [2.05, 4.69) is 0 Å². The molecular formula is C29H40O18. The van der Waals surface area contributed by atoms with Crippen molar-refractivity contribution in [1.29, 1.82) is 0 Å². The summed E-state index contributed by atoms with van der Waals surface area (Å²) in [6.07, 6.45) is -13.6. The van der Waals surface area contributed by atoms with Gasteiger partial charge >= 0.3 is 47.8 Å². The molecule has 1 aliphatic heterocycles. The van der Waals surface area contributed by atoms with Crippen LogP contribution in [0.25, 0.3) is 0 Å². The van der Waals surface area contributed by atoms with Crippen molar-refractivity contribution >= 4 is 47.8 Å². The lowest BCUT2D eigenvalue weighted by Crippen LogP contribution is -2.66. The van der Waals surface area contributed by atoms with E-state index in [0.717, 1.165) is 55.4 Å². The molecule has 264 valence electrons. The second-order valence-electron chi connectivity index (χ2n) is 10.8. The number of carbonyl (C=O) groups excluding carboxylic acids is 8. The monoisotopic (exact) mass is 676 g/mol. The van der Waals surface area contributed by atoms with E-state index in [4.69, 9.17) is 47.4 Å². The highest BCUT2D eigenvalue weighted by molar-refractivity contribution is 5.70. The summed E-state index contributed by atoms with van der Waals surface area (Å²) in [5, 5.41) is 0. The maximum atomic E-state index is 12.3. The number of rotatable bonds is 12. The van der Waals surface area contributed by atoms with Crippen molar-refractivity contribution in [2.24, 2.45) is 5.92 Å². The summed E-state index contributed by atoms with van der Waals surface area (Å²) >= 11 is 0. The van der Waals surface area contributed by atoms with Crippen molar-refractivity contribution in [2.75, 3.05) is 13.2 Å². The van der Waals surface area contributed by atoms with Gasteiger partial charge in [0.2, 0.25) is 12.4 Å². The van der Waals surface area contributed by atoms with Gasteiger partial charge in [0.15, 0.2) is 18.3 Å². The first-order chi connectivity index (χ1) is 21.9. The summed E-state index contributed by atoms with van der Waals surface area (Å²) in [4.78, 5) is 96.6. The molecule has 18 heteroatoms. The Bertz CT molecular complexity index is 1200. The van der Waals surface area contributed by atoms with E-state index in [1.165, 1.54) is 0 Å². The Balaban J connectivity index is 2.73. The van der Waals surface area contributed by atoms with Gasteiger partial charge in [0, 0.05) is 61.3 Å². The molecule has 1 heterocycles. The Hall–Kier alpha value is -4.32. The predicted molar refractivity (Wildman–Crippen MR) is 148 cm³/mol. The summed E-state index contributed by atoms with van der Waals surface area (Å²) in [6, 6.07) is 0. The highest BCUT2D eigenvalue weighted by Gasteiger charge is 2.57. The fourth-order valence-corrected chi connectivity index (χ4v) is 5.25. The molecule has 2 rings (SSSR count). The molecule has 0 amide bonds. The van der Waals surface area contributed by atoms with Crippen LogP contribution in [-0.2, 0) is 85.7 Å². The van der Waals surface area contributed by atoms with Gasteiger partial charge in [-0.25, -0.2) is 0 Å². The van der Waals surface area contributed by atoms with Crippen molar-refractivity contribution in [2.45, 2.75) is 117 Å². The van der Waals surface area contributed by atoms with E-state index in [1.54, 1.807) is 0 Å². The Kier molecular flexibility index (Phi) is 14.5. The van der Waals surface area contributed by atoms with Gasteiger partial charge in [-0.3, -0.25) is 38.4 Å². The lowest BCUT2D eigenvalue weighted by molar-refractivity contribution is -0.317. The molecular weight excluding hydrogens is 636 g/mol. The molecule has 2 fully saturated rings. The first kappa shape index (κ1) is 38.9. The fraction of sp³-hybridized carbons (Fsp3) is 0.724. The molecule has 0 aromatic rings. The van der Waals surface area contributed by atoms with Gasteiger partial charge < -0.3 is 47.4 Å². The van der Waals surface area contributed by atoms with Gasteiger partial charge in [0.05, 0.1) is 12.7 Å². The van der Waals surface area contributed by atoms with Crippen LogP contribution in [0.1, 0.15) is 61.8 Å². The molecule has 1 saturated carbocycles. The summed E-state index contributed by atoms with van der Waals surface area (Å²) in [5.74, 6) is -7.52. The van der Waals surface area contributed by atoms with Crippen LogP contribution in [0.3, 0.4) is 0 Å². The summed E-state index contributed by atoms with van der Waals surface area (Å²) in [5.41, 5.74) is 0. The Morgan fingerprint density at radius 1 is 0.468 bits per heavy atom. The molecule has 0 spiro atoms. The van der Waals surface area contributed by atoms with E-state index in [0.29, 0.717) is 0 Å². The minimum Gasteiger partial charge on any atom is -0.465 e. The normalized spacial score (nSPS) is 30.0. The molecule has 0 aromatic carbocycles. The fourth-order valence-electron chi connectivity index (χ4n) is 5.25. The minimum atomic E-state index is -1.67. The quantitative estimate of drug-likeness (QED) is 0.193. The van der Waals surface area contributed by atoms with Crippen LogP contribution in [0.5, 0.6) is 0 Å². The standard InChI is InChI=1S/C29H40O18/c1-12(30)38-10-20-9-21(24(41-15(4)33)26(42-16(5)34)23(20)40-14(3)32)46-25-22(11-39-13(2)31)47-29(45-19(8)37)28(44-18(7)36)27(25)43-17(6)35/h20-29H,9-11H2,1-8H3/t20-,21-,22-,23-,24+,25-,26+,27+,28-,29+/m1/s1. The van der Waals surface area contributed by atoms with E-state index in [9.17, 15) is 38.4 Å². The average molecular weight is 677 g/mol. The van der Waals surface area contributed by atoms with Crippen LogP contribution in [-0.4, -0.2) is 116 Å². The van der Waals surface area contributed by atoms with Gasteiger partial charge in [-0.2, -0.15) is 0 Å². The van der Waals surface area contributed by atoms with Gasteiger partial charge in [0.25, 0.3) is 0 Å². The second kappa shape index (κ2) is 17.6. The third-order valence-corrected chi connectivity index (χ3v) is 6.68. The molecule has 1 aliphatic carbocycles. The number of ether oxygens (including phenoxy) is 10. The number of esters is 8. The predicted octanol–water partition coefficient (Wildman–Crippen LogP) is -0.167. The molecule has 10 atom stereocenters. The number of carbonyl (C=O) groups is 8. The highest BCUT2D eigenvalue weighted by Crippen LogP contribution is 2.38. The zero-order valence-electron chi connectivity index (χ0n) is 27.2. The Morgan fingerprint density at radius 2 is 0.872 bits per heavy atom. The molecule has 18 nitrogen and oxygen atoms in total. The van der Waals surface area contributed by atoms with Crippen molar-refractivity contribution in [1.82, 2.24) is 0 Å². The van der Waals surface area contributed by atoms with Gasteiger partial charge in [-0.1, -0.05) is 0 Å². The van der Waals surface area contributed by atoms with Crippen LogP contribution in [0.4, 0.5) is 0 Å². The molecule has 0 N–H and O–H groups in total. The largest absolute Gasteiger partial charge is 0.465 e. The van der Waals surface area contributed by atoms with Crippen molar-refractivity contribution in [3.8, 4) is 0 Å². The van der Waals surface area contributed by atoms with Crippen molar-refractivity contribution < 1.29 is 85.7 Å². The number of hydrogen-bond acceptors (Lipinski definition) is 18. The lowest BCUT2D eigenvalue weighted by atomic mass is 9.80. The topological polar surface area (TPSA) is 229 Å². The number of hydrogen-bond donors (Lipinski definition) is 0. The summed E-state index contributed by atoms with van der Waals surface area (Å²) in [6.45, 7) is 7.63.